The first-order chi connectivity index (χ1) is 60.7. The first-order valence-corrected chi connectivity index (χ1v) is 38.9. The zero-order chi connectivity index (χ0) is 89.7. The number of nitrogens with zero attached hydrogens (tertiary/aromatic N) is 20. The molecule has 0 atom stereocenters. The van der Waals surface area contributed by atoms with Crippen molar-refractivity contribution in [2.24, 2.45) is 0 Å². The van der Waals surface area contributed by atoms with Gasteiger partial charge in [0.1, 0.15) is 47.6 Å². The van der Waals surface area contributed by atoms with Crippen molar-refractivity contribution < 1.29 is 130 Å². The fourth-order valence-electron chi connectivity index (χ4n) is 13.2. The van der Waals surface area contributed by atoms with Gasteiger partial charge in [-0.25, -0.2) is 40.2 Å². The Bertz CT molecular complexity index is 7020. The molecule has 16 aromatic heterocycles. The van der Waals surface area contributed by atoms with E-state index in [1.807, 2.05) is 196 Å². The minimum absolute atomic E-state index is 0. The maximum Gasteiger partial charge on any atom is 2.00 e. The topological polar surface area (TPSA) is 226 Å². The molecule has 0 bridgehead atoms. The van der Waals surface area contributed by atoms with E-state index in [0.29, 0.717) is 63.0 Å². The van der Waals surface area contributed by atoms with E-state index in [-0.39, 0.29) is 115 Å². The number of pyridine rings is 12. The molecule has 0 amide bonds. The maximum atomic E-state index is 14.2. The number of rotatable bonds is 17. The molecule has 0 unspecified atom stereocenters. The molecule has 0 radical (unpaired) electrons. The summed E-state index contributed by atoms with van der Waals surface area (Å²) in [7, 11) is 0. The van der Waals surface area contributed by atoms with E-state index in [2.05, 4.69) is 114 Å². The molecule has 16 heterocycles. The average molecular weight is 2140 g/mol. The normalized spacial score (nSPS) is 11.4. The second-order valence-corrected chi connectivity index (χ2v) is 30.6. The van der Waals surface area contributed by atoms with Gasteiger partial charge in [-0.05, 0) is 144 Å². The van der Waals surface area contributed by atoms with Gasteiger partial charge in [0.15, 0.2) is 0 Å². The van der Waals surface area contributed by atoms with E-state index >= 15 is 0 Å². The number of halogens is 11. The Balaban J connectivity index is 0.000000167. The van der Waals surface area contributed by atoms with Crippen molar-refractivity contribution in [3.63, 3.8) is 0 Å². The summed E-state index contributed by atoms with van der Waals surface area (Å²) in [6.45, 7) is 17.4. The molecule has 0 aliphatic heterocycles. The van der Waals surface area contributed by atoms with Crippen molar-refractivity contribution in [3.8, 4) is 79.6 Å². The predicted molar refractivity (Wildman–Crippen MR) is 447 cm³/mol. The molecular formula is C96H67F11N20Pd4. The van der Waals surface area contributed by atoms with Gasteiger partial charge in [-0.15, -0.1) is 60.0 Å². The molecule has 0 N–H and O–H groups in total. The van der Waals surface area contributed by atoms with Crippen LogP contribution in [0.15, 0.2) is 243 Å². The van der Waals surface area contributed by atoms with Crippen molar-refractivity contribution in [1.29, 1.82) is 0 Å². The van der Waals surface area contributed by atoms with Crippen molar-refractivity contribution in [2.75, 3.05) is 0 Å². The summed E-state index contributed by atoms with van der Waals surface area (Å²) >= 11 is 0. The second kappa shape index (κ2) is 41.5. The number of aryl methyl sites for hydroxylation is 1. The smallest absolute Gasteiger partial charge is 0.343 e. The quantitative estimate of drug-likeness (QED) is 0.0357. The molecule has 131 heavy (non-hydrogen) atoms. The Hall–Kier alpha value is -12.8. The Morgan fingerprint density at radius 3 is 0.878 bits per heavy atom. The number of alkyl halides is 3. The molecule has 0 aliphatic rings. The number of fused-ring (bicyclic) bond motifs is 1. The largest absolute Gasteiger partial charge is 2.00 e. The van der Waals surface area contributed by atoms with Gasteiger partial charge in [0.05, 0.1) is 29.0 Å². The van der Waals surface area contributed by atoms with Crippen LogP contribution in [0.3, 0.4) is 0 Å². The maximum absolute atomic E-state index is 14.2. The average Bonchev–Trinajstić information content (AvgIpc) is 1.62. The van der Waals surface area contributed by atoms with Crippen molar-refractivity contribution >= 4 is 10.9 Å². The molecule has 0 spiro atoms. The third-order valence-electron chi connectivity index (χ3n) is 20.4. The third kappa shape index (κ3) is 22.5. The van der Waals surface area contributed by atoms with Crippen LogP contribution < -0.4 is 0 Å². The minimum atomic E-state index is -4.59. The predicted octanol–water partition coefficient (Wildman–Crippen LogP) is 19.9. The van der Waals surface area contributed by atoms with Gasteiger partial charge in [0.25, 0.3) is 0 Å². The molecule has 20 nitrogen and oxygen atoms in total. The van der Waals surface area contributed by atoms with Gasteiger partial charge < -0.3 is 38.7 Å². The standard InChI is InChI=1S/C27H19F2N5.C25H17F2N5.C22H14F5N5.C22H17F2N5.4Pd/c1-27(2,22-11-6-10-21(30-22)19-14-15-24(28)32-26(19)29)23-12-7-13-25(31-23)34-17-16-20(33-34)18-8-4-3-5-9-18;1-25(2,20-10-5-9-19(28-20)17-13-14-22(26)30-24(17)27)21-11-6-12-23(29-21)32-15-16-7-3-4-8-18(16)31-32;1-21(2,15-6-3-5-14(28-15)13-9-10-18(23)30-20(13)24)16-7-4-8-19(29-16)32-12-11-17(31-32)22(25,26)27;1-14-12-13-29(28-14)20-9-5-8-18(26-20)22(2,3)17-7-4-6-16(25-17)15-10-11-19(23)27-21(15)24;;;;/h3-13,15-16H,1-2H3;3-12,14H,1-2H3;3-8,10-11H,1-2H3;4-9,11-12H,1-3H3;;;;/q4*-2;4*+2. The Morgan fingerprint density at radius 1 is 0.260 bits per heavy atom. The van der Waals surface area contributed by atoms with Crippen LogP contribution in [0.4, 0.5) is 48.3 Å². The van der Waals surface area contributed by atoms with Crippen LogP contribution >= 0.6 is 0 Å². The number of hydrogen-bond acceptors (Lipinski definition) is 16. The molecule has 0 saturated carbocycles. The van der Waals surface area contributed by atoms with Crippen LogP contribution in [0, 0.1) is 104 Å². The van der Waals surface area contributed by atoms with Crippen LogP contribution in [-0.2, 0) is 110 Å². The third-order valence-corrected chi connectivity index (χ3v) is 20.4. The molecule has 18 rings (SSSR count). The SMILES string of the molecule is CC(C)(c1cccc(-c2[c-]cc(F)nc2F)n1)c1cccc(-n2[c-]c3ccccc3n2)n1.CC(C)(c1cccc(-c2[c-]cc(F)nc2F)n1)c1cccc(-n2[c-]cc(-c3ccccc3)n2)n1.CC(C)(c1cccc(-c2[c-]cc(F)nc2F)n1)c1cccc(-n2[c-]cc(C(F)(F)F)n2)n1.Cc1c[c-]n(-c2cccc(C(C)(C)c3cccc(-c4[c-]cc(F)nc4F)n3)n2)n1.[Pd+2].[Pd+2].[Pd+2].[Pd+2]. The molecular weight excluding hydrogens is 2070 g/mol. The van der Waals surface area contributed by atoms with E-state index in [1.54, 1.807) is 80.8 Å². The molecule has 0 fully saturated rings. The summed E-state index contributed by atoms with van der Waals surface area (Å²) in [5.74, 6) is -5.62. The van der Waals surface area contributed by atoms with Crippen LogP contribution in [0.25, 0.3) is 90.5 Å². The monoisotopic (exact) mass is 2130 g/mol. The van der Waals surface area contributed by atoms with E-state index in [0.717, 1.165) is 79.9 Å². The minimum Gasteiger partial charge on any atom is -0.343 e. The summed E-state index contributed by atoms with van der Waals surface area (Å²) < 4.78 is 153. The summed E-state index contributed by atoms with van der Waals surface area (Å²) in [6, 6.07) is 78.5. The van der Waals surface area contributed by atoms with E-state index < -0.39 is 81.1 Å². The fourth-order valence-corrected chi connectivity index (χ4v) is 13.2. The number of benzene rings is 2. The van der Waals surface area contributed by atoms with E-state index in [4.69, 9.17) is 15.0 Å². The van der Waals surface area contributed by atoms with Gasteiger partial charge in [0, 0.05) is 72.7 Å². The van der Waals surface area contributed by atoms with Gasteiger partial charge in [0.2, 0.25) is 0 Å². The van der Waals surface area contributed by atoms with E-state index in [1.165, 1.54) is 12.1 Å². The number of aromatic nitrogens is 20. The van der Waals surface area contributed by atoms with Gasteiger partial charge in [-0.3, -0.25) is 55.2 Å². The van der Waals surface area contributed by atoms with Gasteiger partial charge in [-0.1, -0.05) is 217 Å². The Labute approximate surface area is 799 Å². The molecule has 35 heteroatoms. The number of hydrogen-bond donors (Lipinski definition) is 0. The zero-order valence-electron chi connectivity index (χ0n) is 70.0. The van der Waals surface area contributed by atoms with Crippen molar-refractivity contribution in [1.82, 2.24) is 98.9 Å². The molecule has 2 aromatic carbocycles. The fraction of sp³-hybridized carbons (Fsp3) is 0.146. The first kappa shape index (κ1) is 98.8. The van der Waals surface area contributed by atoms with Crippen molar-refractivity contribution in [3.05, 3.63) is 396 Å². The molecule has 0 saturated heterocycles. The molecule has 0 aliphatic carbocycles. The van der Waals surface area contributed by atoms with Crippen LogP contribution in [0.5, 0.6) is 0 Å². The van der Waals surface area contributed by atoms with Gasteiger partial charge >= 0.3 is 87.9 Å². The second-order valence-electron chi connectivity index (χ2n) is 30.6. The first-order valence-electron chi connectivity index (χ1n) is 38.9. The van der Waals surface area contributed by atoms with Crippen molar-refractivity contribution in [2.45, 2.75) is 90.1 Å². The molecule has 668 valence electrons. The Morgan fingerprint density at radius 2 is 0.557 bits per heavy atom. The summed E-state index contributed by atoms with van der Waals surface area (Å²) in [4.78, 5) is 49.9. The van der Waals surface area contributed by atoms with Crippen LogP contribution in [-0.4, -0.2) is 98.9 Å². The summed E-state index contributed by atoms with van der Waals surface area (Å²) in [5, 5.41) is 17.9. The van der Waals surface area contributed by atoms with Crippen LogP contribution in [0.2, 0.25) is 0 Å². The zero-order valence-corrected chi connectivity index (χ0v) is 76.2. The summed E-state index contributed by atoms with van der Waals surface area (Å²) in [5.41, 5.74) is 6.17. The van der Waals surface area contributed by atoms with Crippen LogP contribution in [0.1, 0.15) is 112 Å². The molecule has 18 aromatic rings. The van der Waals surface area contributed by atoms with E-state index in [9.17, 15) is 48.3 Å². The van der Waals surface area contributed by atoms with Gasteiger partial charge in [-0.2, -0.15) is 13.2 Å². The summed E-state index contributed by atoms with van der Waals surface area (Å²) in [6.07, 6.45) is 7.19. The Kier molecular flexibility index (Phi) is 31.3.